The molecule has 2 aromatic rings. The molecule has 2 N–H and O–H groups in total. The predicted molar refractivity (Wildman–Crippen MR) is 66.1 cm³/mol. The van der Waals surface area contributed by atoms with Gasteiger partial charge in [0, 0.05) is 12.1 Å². The lowest BCUT2D eigenvalue weighted by atomic mass is 10.2. The Labute approximate surface area is 113 Å². The molecule has 1 unspecified atom stereocenters. The summed E-state index contributed by atoms with van der Waals surface area (Å²) in [7, 11) is 0. The molecule has 7 heteroatoms. The van der Waals surface area contributed by atoms with E-state index in [9.17, 15) is 9.50 Å². The maximum Gasteiger partial charge on any atom is 0.244 e. The molecule has 0 radical (unpaired) electrons. The van der Waals surface area contributed by atoms with Crippen molar-refractivity contribution in [3.05, 3.63) is 34.9 Å². The van der Waals surface area contributed by atoms with Gasteiger partial charge in [0.25, 0.3) is 0 Å². The van der Waals surface area contributed by atoms with E-state index in [1.807, 2.05) is 0 Å². The number of halogens is 2. The summed E-state index contributed by atoms with van der Waals surface area (Å²) >= 11 is 5.94. The van der Waals surface area contributed by atoms with E-state index in [0.717, 1.165) is 0 Å². The van der Waals surface area contributed by atoms with E-state index in [1.54, 1.807) is 0 Å². The Bertz CT molecular complexity index is 604. The van der Waals surface area contributed by atoms with Crippen molar-refractivity contribution in [1.29, 1.82) is 0 Å². The largest absolute Gasteiger partial charge is 0.392 e. The number of nitrogens with zero attached hydrogens (tertiary/aromatic N) is 2. The number of β-amino-alcohol motifs (C(OH)–C–C–N with tert-alkyl or cyclic N) is 1. The zero-order valence-corrected chi connectivity index (χ0v) is 10.6. The highest BCUT2D eigenvalue weighted by Crippen LogP contribution is 2.28. The molecule has 1 fully saturated rings. The van der Waals surface area contributed by atoms with Crippen LogP contribution >= 0.6 is 11.6 Å². The fourth-order valence-electron chi connectivity index (χ4n) is 2.06. The van der Waals surface area contributed by atoms with Crippen LogP contribution in [0.5, 0.6) is 0 Å². The molecule has 1 aliphatic heterocycles. The minimum atomic E-state index is -0.418. The van der Waals surface area contributed by atoms with Crippen molar-refractivity contribution in [1.82, 2.24) is 15.5 Å². The van der Waals surface area contributed by atoms with Crippen LogP contribution in [-0.2, 0) is 0 Å². The number of hydrogen-bond donors (Lipinski definition) is 2. The molecule has 5 nitrogen and oxygen atoms in total. The van der Waals surface area contributed by atoms with Crippen molar-refractivity contribution < 1.29 is 14.0 Å². The Kier molecular flexibility index (Phi) is 3.22. The third kappa shape index (κ3) is 2.47. The smallest absolute Gasteiger partial charge is 0.244 e. The standard InChI is InChI=1S/C12H11ClFN3O2/c13-9-3-6(14)1-2-8(9)11-16-12(19-17-11)10-4-7(18)5-15-10/h1-3,7,10,15,18H,4-5H2/t7?,10-/m0/s1. The first-order valence-corrected chi connectivity index (χ1v) is 6.22. The first-order chi connectivity index (χ1) is 9.13. The van der Waals surface area contributed by atoms with Crippen LogP contribution in [-0.4, -0.2) is 27.9 Å². The first kappa shape index (κ1) is 12.5. The Morgan fingerprint density at radius 1 is 1.47 bits per heavy atom. The van der Waals surface area contributed by atoms with Gasteiger partial charge in [0.1, 0.15) is 5.82 Å². The van der Waals surface area contributed by atoms with Gasteiger partial charge in [-0.25, -0.2) is 4.39 Å². The van der Waals surface area contributed by atoms with Crippen molar-refractivity contribution in [3.8, 4) is 11.4 Å². The molecule has 0 bridgehead atoms. The fourth-order valence-corrected chi connectivity index (χ4v) is 2.31. The molecule has 1 aliphatic rings. The molecule has 1 aromatic heterocycles. The zero-order valence-electron chi connectivity index (χ0n) is 9.81. The molecule has 2 atom stereocenters. The summed E-state index contributed by atoms with van der Waals surface area (Å²) in [6.07, 6.45) is 0.119. The number of aliphatic hydroxyl groups excluding tert-OH is 1. The Hall–Kier alpha value is -1.50. The van der Waals surface area contributed by atoms with Gasteiger partial charge >= 0.3 is 0 Å². The highest BCUT2D eigenvalue weighted by Gasteiger charge is 2.28. The lowest BCUT2D eigenvalue weighted by molar-refractivity contribution is 0.191. The number of aliphatic hydroxyl groups is 1. The lowest BCUT2D eigenvalue weighted by Gasteiger charge is -2.01. The molecule has 0 saturated carbocycles. The summed E-state index contributed by atoms with van der Waals surface area (Å²) in [5, 5.41) is 16.6. The summed E-state index contributed by atoms with van der Waals surface area (Å²) in [6, 6.07) is 3.83. The van der Waals surface area contributed by atoms with Crippen LogP contribution in [0.4, 0.5) is 4.39 Å². The molecule has 0 aliphatic carbocycles. The molecule has 1 aromatic carbocycles. The molecule has 0 amide bonds. The van der Waals surface area contributed by atoms with Crippen molar-refractivity contribution >= 4 is 11.6 Å². The maximum absolute atomic E-state index is 13.0. The van der Waals surface area contributed by atoms with Gasteiger partial charge in [-0.1, -0.05) is 16.8 Å². The van der Waals surface area contributed by atoms with Crippen molar-refractivity contribution in [2.45, 2.75) is 18.6 Å². The van der Waals surface area contributed by atoms with Gasteiger partial charge in [0.15, 0.2) is 0 Å². The lowest BCUT2D eigenvalue weighted by Crippen LogP contribution is -2.15. The molecule has 0 spiro atoms. The SMILES string of the molecule is OC1CN[C@H](c2nc(-c3ccc(F)cc3Cl)no2)C1. The Morgan fingerprint density at radius 3 is 3.00 bits per heavy atom. The van der Waals surface area contributed by atoms with E-state index in [4.69, 9.17) is 16.1 Å². The molecule has 3 rings (SSSR count). The highest BCUT2D eigenvalue weighted by atomic mass is 35.5. The van der Waals surface area contributed by atoms with E-state index in [-0.39, 0.29) is 11.1 Å². The van der Waals surface area contributed by atoms with Crippen LogP contribution in [0.25, 0.3) is 11.4 Å². The van der Waals surface area contributed by atoms with Crippen LogP contribution < -0.4 is 5.32 Å². The van der Waals surface area contributed by atoms with Gasteiger partial charge in [-0.05, 0) is 24.6 Å². The Morgan fingerprint density at radius 2 is 2.32 bits per heavy atom. The molecule has 1 saturated heterocycles. The second-order valence-electron chi connectivity index (χ2n) is 4.43. The number of hydrogen-bond acceptors (Lipinski definition) is 5. The minimum Gasteiger partial charge on any atom is -0.392 e. The van der Waals surface area contributed by atoms with Crippen LogP contribution in [0.15, 0.2) is 22.7 Å². The number of aromatic nitrogens is 2. The fraction of sp³-hybridized carbons (Fsp3) is 0.333. The minimum absolute atomic E-state index is 0.157. The van der Waals surface area contributed by atoms with Crippen LogP contribution in [0, 0.1) is 5.82 Å². The normalized spacial score (nSPS) is 22.9. The highest BCUT2D eigenvalue weighted by molar-refractivity contribution is 6.33. The van der Waals surface area contributed by atoms with Gasteiger partial charge in [-0.2, -0.15) is 4.98 Å². The van der Waals surface area contributed by atoms with Gasteiger partial charge in [-0.3, -0.25) is 0 Å². The summed E-state index contributed by atoms with van der Waals surface area (Å²) in [5.74, 6) is 0.285. The third-order valence-corrected chi connectivity index (χ3v) is 3.33. The maximum atomic E-state index is 13.0. The number of rotatable bonds is 2. The molecule has 100 valence electrons. The summed E-state index contributed by atoms with van der Waals surface area (Å²) < 4.78 is 18.1. The van der Waals surface area contributed by atoms with Gasteiger partial charge in [0.2, 0.25) is 11.7 Å². The second-order valence-corrected chi connectivity index (χ2v) is 4.84. The van der Waals surface area contributed by atoms with Crippen LogP contribution in [0.1, 0.15) is 18.4 Å². The van der Waals surface area contributed by atoms with Gasteiger partial charge in [-0.15, -0.1) is 0 Å². The van der Waals surface area contributed by atoms with Crippen molar-refractivity contribution in [2.75, 3.05) is 6.54 Å². The van der Waals surface area contributed by atoms with Crippen LogP contribution in [0.3, 0.4) is 0 Å². The van der Waals surface area contributed by atoms with E-state index in [0.29, 0.717) is 30.2 Å². The summed E-state index contributed by atoms with van der Waals surface area (Å²) in [5.41, 5.74) is 0.511. The van der Waals surface area contributed by atoms with E-state index in [1.165, 1.54) is 18.2 Å². The number of nitrogens with one attached hydrogen (secondary N) is 1. The average Bonchev–Trinajstić information content (AvgIpc) is 2.97. The van der Waals surface area contributed by atoms with Crippen molar-refractivity contribution in [3.63, 3.8) is 0 Å². The van der Waals surface area contributed by atoms with Gasteiger partial charge in [0.05, 0.1) is 17.2 Å². The monoisotopic (exact) mass is 283 g/mol. The van der Waals surface area contributed by atoms with Crippen LogP contribution in [0.2, 0.25) is 5.02 Å². The molecule has 2 heterocycles. The predicted octanol–water partition coefficient (Wildman–Crippen LogP) is 1.92. The first-order valence-electron chi connectivity index (χ1n) is 5.84. The second kappa shape index (κ2) is 4.88. The van der Waals surface area contributed by atoms with E-state index in [2.05, 4.69) is 15.5 Å². The van der Waals surface area contributed by atoms with Crippen molar-refractivity contribution in [2.24, 2.45) is 0 Å². The van der Waals surface area contributed by atoms with E-state index < -0.39 is 11.9 Å². The molecular weight excluding hydrogens is 273 g/mol. The average molecular weight is 284 g/mol. The summed E-state index contributed by atoms with van der Waals surface area (Å²) in [6.45, 7) is 0.500. The Balaban J connectivity index is 1.88. The quantitative estimate of drug-likeness (QED) is 0.881. The topological polar surface area (TPSA) is 71.2 Å². The zero-order chi connectivity index (χ0) is 13.4. The molecular formula is C12H11ClFN3O2. The van der Waals surface area contributed by atoms with E-state index >= 15 is 0 Å². The summed E-state index contributed by atoms with van der Waals surface area (Å²) in [4.78, 5) is 4.23. The third-order valence-electron chi connectivity index (χ3n) is 3.02. The number of benzene rings is 1. The molecule has 19 heavy (non-hydrogen) atoms. The van der Waals surface area contributed by atoms with Gasteiger partial charge < -0.3 is 14.9 Å².